The molecule has 20 heavy (non-hydrogen) atoms. The van der Waals surface area contributed by atoms with E-state index in [1.54, 1.807) is 12.3 Å². The number of benzene rings is 1. The third-order valence-corrected chi connectivity index (χ3v) is 3.32. The molecule has 2 N–H and O–H groups in total. The Hall–Kier alpha value is -2.07. The number of carbonyl (C=O) groups is 1. The first kappa shape index (κ1) is 14.3. The number of anilines is 1. The molecule has 2 rings (SSSR count). The van der Waals surface area contributed by atoms with Crippen LogP contribution in [0.1, 0.15) is 24.2 Å². The number of halogens is 1. The molecular weight excluding hydrogens is 274 g/mol. The van der Waals surface area contributed by atoms with E-state index in [0.29, 0.717) is 10.7 Å². The van der Waals surface area contributed by atoms with Crippen LogP contribution in [0.15, 0.2) is 42.6 Å². The summed E-state index contributed by atoms with van der Waals surface area (Å²) in [5.41, 5.74) is 2.44. The van der Waals surface area contributed by atoms with E-state index in [2.05, 4.69) is 15.6 Å². The summed E-state index contributed by atoms with van der Waals surface area (Å²) in [6.45, 7) is 3.79. The van der Waals surface area contributed by atoms with Crippen molar-refractivity contribution in [3.8, 4) is 0 Å². The van der Waals surface area contributed by atoms with Gasteiger partial charge >= 0.3 is 6.03 Å². The van der Waals surface area contributed by atoms with Gasteiger partial charge in [0.15, 0.2) is 0 Å². The summed E-state index contributed by atoms with van der Waals surface area (Å²) in [6, 6.07) is 10.5. The highest BCUT2D eigenvalue weighted by Gasteiger charge is 2.10. The molecular formula is C15H16ClN3O. The maximum Gasteiger partial charge on any atom is 0.319 e. The Labute approximate surface area is 123 Å². The summed E-state index contributed by atoms with van der Waals surface area (Å²) in [5.74, 6) is 0. The van der Waals surface area contributed by atoms with Crippen LogP contribution in [0.3, 0.4) is 0 Å². The molecule has 2 aromatic rings. The fraction of sp³-hybridized carbons (Fsp3) is 0.200. The number of aryl methyl sites for hydroxylation is 1. The van der Waals surface area contributed by atoms with Gasteiger partial charge in [0, 0.05) is 16.9 Å². The highest BCUT2D eigenvalue weighted by Crippen LogP contribution is 2.20. The van der Waals surface area contributed by atoms with Crippen LogP contribution in [0.2, 0.25) is 5.02 Å². The Bertz CT molecular complexity index is 601. The van der Waals surface area contributed by atoms with Crippen molar-refractivity contribution >= 4 is 23.3 Å². The van der Waals surface area contributed by atoms with Crippen molar-refractivity contribution in [1.82, 2.24) is 10.3 Å². The molecule has 1 atom stereocenters. The summed E-state index contributed by atoms with van der Waals surface area (Å²) in [5, 5.41) is 6.20. The van der Waals surface area contributed by atoms with E-state index in [4.69, 9.17) is 11.6 Å². The van der Waals surface area contributed by atoms with E-state index >= 15 is 0 Å². The first-order valence-corrected chi connectivity index (χ1v) is 6.68. The van der Waals surface area contributed by atoms with E-state index in [-0.39, 0.29) is 12.1 Å². The van der Waals surface area contributed by atoms with Gasteiger partial charge in [-0.25, -0.2) is 4.79 Å². The Kier molecular flexibility index (Phi) is 4.58. The van der Waals surface area contributed by atoms with Gasteiger partial charge in [-0.1, -0.05) is 23.7 Å². The van der Waals surface area contributed by atoms with Crippen LogP contribution in [-0.4, -0.2) is 11.0 Å². The Morgan fingerprint density at radius 3 is 2.75 bits per heavy atom. The molecule has 0 radical (unpaired) electrons. The summed E-state index contributed by atoms with van der Waals surface area (Å²) in [7, 11) is 0. The zero-order chi connectivity index (χ0) is 14.5. The average Bonchev–Trinajstić information content (AvgIpc) is 2.44. The predicted molar refractivity (Wildman–Crippen MR) is 81.0 cm³/mol. The van der Waals surface area contributed by atoms with Crippen LogP contribution in [-0.2, 0) is 0 Å². The van der Waals surface area contributed by atoms with E-state index in [9.17, 15) is 4.79 Å². The zero-order valence-electron chi connectivity index (χ0n) is 11.4. The number of hydrogen-bond acceptors (Lipinski definition) is 2. The van der Waals surface area contributed by atoms with E-state index in [1.807, 2.05) is 44.2 Å². The highest BCUT2D eigenvalue weighted by molar-refractivity contribution is 6.31. The van der Waals surface area contributed by atoms with Crippen molar-refractivity contribution in [2.45, 2.75) is 19.9 Å². The predicted octanol–water partition coefficient (Wildman–Crippen LogP) is 3.93. The molecule has 5 heteroatoms. The molecule has 0 aliphatic rings. The van der Waals surface area contributed by atoms with Gasteiger partial charge in [0.2, 0.25) is 0 Å². The molecule has 0 bridgehead atoms. The van der Waals surface area contributed by atoms with Crippen LogP contribution in [0.25, 0.3) is 0 Å². The third-order valence-electron chi connectivity index (χ3n) is 2.91. The standard InChI is InChI=1S/C15H16ClN3O/c1-10-6-7-12(9-13(10)16)19-15(20)18-11(2)14-5-3-4-8-17-14/h3-9,11H,1-2H3,(H2,18,19,20)/t11-/m0/s1. The quantitative estimate of drug-likeness (QED) is 0.899. The van der Waals surface area contributed by atoms with Crippen molar-refractivity contribution < 1.29 is 4.79 Å². The molecule has 0 aliphatic heterocycles. The molecule has 0 spiro atoms. The molecule has 0 saturated carbocycles. The lowest BCUT2D eigenvalue weighted by atomic mass is 10.2. The molecule has 104 valence electrons. The second-order valence-electron chi connectivity index (χ2n) is 4.54. The molecule has 2 amide bonds. The SMILES string of the molecule is Cc1ccc(NC(=O)N[C@@H](C)c2ccccn2)cc1Cl. The van der Waals surface area contributed by atoms with Crippen molar-refractivity contribution in [2.24, 2.45) is 0 Å². The van der Waals surface area contributed by atoms with Gasteiger partial charge in [0.1, 0.15) is 0 Å². The van der Waals surface area contributed by atoms with Crippen LogP contribution in [0.5, 0.6) is 0 Å². The third kappa shape index (κ3) is 3.71. The first-order chi connectivity index (χ1) is 9.56. The number of hydrogen-bond donors (Lipinski definition) is 2. The molecule has 1 aromatic carbocycles. The number of aromatic nitrogens is 1. The monoisotopic (exact) mass is 289 g/mol. The summed E-state index contributed by atoms with van der Waals surface area (Å²) < 4.78 is 0. The maximum atomic E-state index is 11.9. The normalized spacial score (nSPS) is 11.8. The van der Waals surface area contributed by atoms with E-state index < -0.39 is 0 Å². The first-order valence-electron chi connectivity index (χ1n) is 6.31. The number of nitrogens with zero attached hydrogens (tertiary/aromatic N) is 1. The molecule has 0 saturated heterocycles. The molecule has 1 aromatic heterocycles. The summed E-state index contributed by atoms with van der Waals surface area (Å²) in [6.07, 6.45) is 1.70. The van der Waals surface area contributed by atoms with Gasteiger partial charge in [-0.2, -0.15) is 0 Å². The van der Waals surface area contributed by atoms with Crippen LogP contribution < -0.4 is 10.6 Å². The minimum absolute atomic E-state index is 0.169. The number of pyridine rings is 1. The van der Waals surface area contributed by atoms with E-state index in [0.717, 1.165) is 11.3 Å². The topological polar surface area (TPSA) is 54.0 Å². The second kappa shape index (κ2) is 6.39. The van der Waals surface area contributed by atoms with Crippen molar-refractivity contribution in [3.63, 3.8) is 0 Å². The average molecular weight is 290 g/mol. The largest absolute Gasteiger partial charge is 0.330 e. The van der Waals surface area contributed by atoms with Gasteiger partial charge in [-0.05, 0) is 43.7 Å². The van der Waals surface area contributed by atoms with Gasteiger partial charge < -0.3 is 10.6 Å². The minimum atomic E-state index is -0.289. The maximum absolute atomic E-state index is 11.9. The number of amides is 2. The second-order valence-corrected chi connectivity index (χ2v) is 4.95. The molecule has 4 nitrogen and oxygen atoms in total. The van der Waals surface area contributed by atoms with Crippen molar-refractivity contribution in [2.75, 3.05) is 5.32 Å². The Morgan fingerprint density at radius 2 is 2.10 bits per heavy atom. The zero-order valence-corrected chi connectivity index (χ0v) is 12.1. The van der Waals surface area contributed by atoms with Gasteiger partial charge in [0.05, 0.1) is 11.7 Å². The van der Waals surface area contributed by atoms with Gasteiger partial charge in [-0.15, -0.1) is 0 Å². The Balaban J connectivity index is 1.97. The lowest BCUT2D eigenvalue weighted by Crippen LogP contribution is -2.31. The summed E-state index contributed by atoms with van der Waals surface area (Å²) in [4.78, 5) is 16.1. The van der Waals surface area contributed by atoms with Crippen molar-refractivity contribution in [3.05, 3.63) is 58.9 Å². The summed E-state index contributed by atoms with van der Waals surface area (Å²) >= 11 is 6.02. The number of rotatable bonds is 3. The lowest BCUT2D eigenvalue weighted by molar-refractivity contribution is 0.249. The molecule has 1 heterocycles. The van der Waals surface area contributed by atoms with Crippen molar-refractivity contribution in [1.29, 1.82) is 0 Å². The molecule has 0 unspecified atom stereocenters. The fourth-order valence-electron chi connectivity index (χ4n) is 1.74. The molecule has 0 fully saturated rings. The lowest BCUT2D eigenvalue weighted by Gasteiger charge is -2.14. The molecule has 0 aliphatic carbocycles. The van der Waals surface area contributed by atoms with Crippen LogP contribution >= 0.6 is 11.6 Å². The Morgan fingerprint density at radius 1 is 1.30 bits per heavy atom. The van der Waals surface area contributed by atoms with Gasteiger partial charge in [-0.3, -0.25) is 4.98 Å². The van der Waals surface area contributed by atoms with E-state index in [1.165, 1.54) is 0 Å². The number of urea groups is 1. The minimum Gasteiger partial charge on any atom is -0.330 e. The highest BCUT2D eigenvalue weighted by atomic mass is 35.5. The van der Waals surface area contributed by atoms with Crippen LogP contribution in [0, 0.1) is 6.92 Å². The number of carbonyl (C=O) groups excluding carboxylic acids is 1. The number of nitrogens with one attached hydrogen (secondary N) is 2. The fourth-order valence-corrected chi connectivity index (χ4v) is 1.92. The van der Waals surface area contributed by atoms with Crippen LogP contribution in [0.4, 0.5) is 10.5 Å². The smallest absolute Gasteiger partial charge is 0.319 e. The van der Waals surface area contributed by atoms with Gasteiger partial charge in [0.25, 0.3) is 0 Å².